The molecule has 2 heterocycles. The highest BCUT2D eigenvalue weighted by atomic mass is 16.6. The van der Waals surface area contributed by atoms with Crippen molar-refractivity contribution in [3.63, 3.8) is 0 Å². The van der Waals surface area contributed by atoms with Crippen molar-refractivity contribution in [2.45, 2.75) is 26.7 Å². The number of ether oxygens (including phenoxy) is 1. The van der Waals surface area contributed by atoms with Crippen molar-refractivity contribution >= 4 is 23.0 Å². The fourth-order valence-corrected chi connectivity index (χ4v) is 3.18. The van der Waals surface area contributed by atoms with E-state index in [0.717, 1.165) is 31.7 Å². The first-order chi connectivity index (χ1) is 12.6. The molecule has 0 spiro atoms. The SMILES string of the molecule is CCOc1ccc(Nc2ncnc(N3CCCC(C)C3)c2[N+](=O)[O-])cc1. The van der Waals surface area contributed by atoms with E-state index in [4.69, 9.17) is 4.74 Å². The normalized spacial score (nSPS) is 17.0. The molecule has 26 heavy (non-hydrogen) atoms. The summed E-state index contributed by atoms with van der Waals surface area (Å²) in [7, 11) is 0. The van der Waals surface area contributed by atoms with E-state index in [9.17, 15) is 10.1 Å². The van der Waals surface area contributed by atoms with E-state index in [2.05, 4.69) is 22.2 Å². The zero-order chi connectivity index (χ0) is 18.5. The second-order valence-corrected chi connectivity index (χ2v) is 6.43. The van der Waals surface area contributed by atoms with Crippen molar-refractivity contribution in [2.75, 3.05) is 29.9 Å². The summed E-state index contributed by atoms with van der Waals surface area (Å²) in [6.45, 7) is 6.18. The molecule has 1 N–H and O–H groups in total. The number of nitrogens with zero attached hydrogens (tertiary/aromatic N) is 4. The van der Waals surface area contributed by atoms with Gasteiger partial charge in [0.15, 0.2) is 0 Å². The first-order valence-electron chi connectivity index (χ1n) is 8.82. The number of anilines is 3. The molecule has 3 rings (SSSR count). The van der Waals surface area contributed by atoms with Crippen molar-refractivity contribution < 1.29 is 9.66 Å². The Balaban J connectivity index is 1.89. The maximum Gasteiger partial charge on any atom is 0.353 e. The van der Waals surface area contributed by atoms with Crippen LogP contribution < -0.4 is 15.0 Å². The molecule has 0 radical (unpaired) electrons. The Kier molecular flexibility index (Phi) is 5.50. The van der Waals surface area contributed by atoms with Crippen molar-refractivity contribution in [1.29, 1.82) is 0 Å². The second-order valence-electron chi connectivity index (χ2n) is 6.43. The molecule has 0 amide bonds. The van der Waals surface area contributed by atoms with Crippen LogP contribution in [0, 0.1) is 16.0 Å². The van der Waals surface area contributed by atoms with Gasteiger partial charge in [0.25, 0.3) is 0 Å². The number of hydrogen-bond acceptors (Lipinski definition) is 7. The molecule has 1 aliphatic heterocycles. The molecule has 0 aliphatic carbocycles. The summed E-state index contributed by atoms with van der Waals surface area (Å²) in [6.07, 6.45) is 3.51. The fraction of sp³-hybridized carbons (Fsp3) is 0.444. The van der Waals surface area contributed by atoms with Crippen molar-refractivity contribution in [1.82, 2.24) is 9.97 Å². The standard InChI is InChI=1S/C18H23N5O3/c1-3-26-15-8-6-14(7-9-15)21-17-16(23(24)25)18(20-12-19-17)22-10-4-5-13(2)11-22/h6-9,12-13H,3-5,10-11H2,1-2H3,(H,19,20,21). The van der Waals surface area contributed by atoms with Crippen LogP contribution in [0.25, 0.3) is 0 Å². The molecule has 1 aromatic heterocycles. The van der Waals surface area contributed by atoms with Crippen LogP contribution in [-0.4, -0.2) is 34.6 Å². The zero-order valence-electron chi connectivity index (χ0n) is 15.0. The summed E-state index contributed by atoms with van der Waals surface area (Å²) in [5.41, 5.74) is 0.615. The molecule has 1 aliphatic rings. The van der Waals surface area contributed by atoms with Crippen LogP contribution in [0.1, 0.15) is 26.7 Å². The third-order valence-electron chi connectivity index (χ3n) is 4.37. The number of benzene rings is 1. The van der Waals surface area contributed by atoms with E-state index >= 15 is 0 Å². The average molecular weight is 357 g/mol. The van der Waals surface area contributed by atoms with Crippen LogP contribution in [0.15, 0.2) is 30.6 Å². The summed E-state index contributed by atoms with van der Waals surface area (Å²) >= 11 is 0. The summed E-state index contributed by atoms with van der Waals surface area (Å²) in [5, 5.41) is 14.8. The van der Waals surface area contributed by atoms with E-state index < -0.39 is 4.92 Å². The van der Waals surface area contributed by atoms with Crippen LogP contribution in [-0.2, 0) is 0 Å². The lowest BCUT2D eigenvalue weighted by atomic mass is 10.0. The maximum atomic E-state index is 11.7. The van der Waals surface area contributed by atoms with Gasteiger partial charge in [0.1, 0.15) is 12.1 Å². The molecule has 1 saturated heterocycles. The molecule has 8 nitrogen and oxygen atoms in total. The minimum absolute atomic E-state index is 0.0875. The molecule has 2 aromatic rings. The van der Waals surface area contributed by atoms with Gasteiger partial charge in [-0.05, 0) is 49.9 Å². The Morgan fingerprint density at radius 3 is 2.77 bits per heavy atom. The van der Waals surface area contributed by atoms with Crippen LogP contribution >= 0.6 is 0 Å². The maximum absolute atomic E-state index is 11.7. The molecule has 0 saturated carbocycles. The van der Waals surface area contributed by atoms with Gasteiger partial charge in [-0.3, -0.25) is 10.1 Å². The summed E-state index contributed by atoms with van der Waals surface area (Å²) in [4.78, 5) is 21.6. The molecule has 1 aromatic carbocycles. The lowest BCUT2D eigenvalue weighted by Crippen LogP contribution is -2.35. The highest BCUT2D eigenvalue weighted by Gasteiger charge is 2.29. The van der Waals surface area contributed by atoms with Gasteiger partial charge < -0.3 is 15.0 Å². The Bertz CT molecular complexity index is 766. The van der Waals surface area contributed by atoms with Gasteiger partial charge in [0, 0.05) is 18.8 Å². The van der Waals surface area contributed by atoms with Crippen molar-refractivity contribution in [2.24, 2.45) is 5.92 Å². The van der Waals surface area contributed by atoms with Gasteiger partial charge in [0.2, 0.25) is 11.6 Å². The number of hydrogen-bond donors (Lipinski definition) is 1. The van der Waals surface area contributed by atoms with E-state index in [1.165, 1.54) is 6.33 Å². The monoisotopic (exact) mass is 357 g/mol. The Hall–Kier alpha value is -2.90. The van der Waals surface area contributed by atoms with Crippen LogP contribution in [0.4, 0.5) is 23.0 Å². The van der Waals surface area contributed by atoms with Crippen molar-refractivity contribution in [3.05, 3.63) is 40.7 Å². The summed E-state index contributed by atoms with van der Waals surface area (Å²) < 4.78 is 5.41. The molecule has 8 heteroatoms. The highest BCUT2D eigenvalue weighted by molar-refractivity contribution is 5.74. The topological polar surface area (TPSA) is 93.4 Å². The van der Waals surface area contributed by atoms with E-state index in [1.807, 2.05) is 24.0 Å². The number of nitrogens with one attached hydrogen (secondary N) is 1. The molecule has 138 valence electrons. The fourth-order valence-electron chi connectivity index (χ4n) is 3.18. The van der Waals surface area contributed by atoms with E-state index in [1.54, 1.807) is 12.1 Å². The second kappa shape index (κ2) is 7.99. The smallest absolute Gasteiger partial charge is 0.353 e. The number of rotatable bonds is 6. The largest absolute Gasteiger partial charge is 0.494 e. The van der Waals surface area contributed by atoms with Crippen LogP contribution in [0.2, 0.25) is 0 Å². The Morgan fingerprint density at radius 1 is 1.35 bits per heavy atom. The van der Waals surface area contributed by atoms with Crippen LogP contribution in [0.5, 0.6) is 5.75 Å². The number of nitro groups is 1. The summed E-state index contributed by atoms with van der Waals surface area (Å²) in [5.74, 6) is 1.81. The summed E-state index contributed by atoms with van der Waals surface area (Å²) in [6, 6.07) is 7.23. The van der Waals surface area contributed by atoms with Gasteiger partial charge in [-0.15, -0.1) is 0 Å². The van der Waals surface area contributed by atoms with Gasteiger partial charge in [-0.25, -0.2) is 9.97 Å². The zero-order valence-corrected chi connectivity index (χ0v) is 15.0. The average Bonchev–Trinajstić information content (AvgIpc) is 2.63. The first-order valence-corrected chi connectivity index (χ1v) is 8.82. The van der Waals surface area contributed by atoms with Crippen molar-refractivity contribution in [3.8, 4) is 5.75 Å². The molecular weight excluding hydrogens is 334 g/mol. The lowest BCUT2D eigenvalue weighted by molar-refractivity contribution is -0.383. The van der Waals surface area contributed by atoms with Gasteiger partial charge >= 0.3 is 5.69 Å². The highest BCUT2D eigenvalue weighted by Crippen LogP contribution is 2.35. The first kappa shape index (κ1) is 17.9. The number of aromatic nitrogens is 2. The van der Waals surface area contributed by atoms with Gasteiger partial charge in [0.05, 0.1) is 11.5 Å². The minimum atomic E-state index is -0.411. The van der Waals surface area contributed by atoms with E-state index in [0.29, 0.717) is 24.0 Å². The van der Waals surface area contributed by atoms with E-state index in [-0.39, 0.29) is 11.5 Å². The van der Waals surface area contributed by atoms with Gasteiger partial charge in [-0.2, -0.15) is 0 Å². The quantitative estimate of drug-likeness (QED) is 0.621. The molecule has 1 unspecified atom stereocenters. The Morgan fingerprint density at radius 2 is 2.12 bits per heavy atom. The predicted octanol–water partition coefficient (Wildman–Crippen LogP) is 3.76. The molecule has 1 atom stereocenters. The molecule has 0 bridgehead atoms. The predicted molar refractivity (Wildman–Crippen MR) is 100 cm³/mol. The molecule has 1 fully saturated rings. The Labute approximate surface area is 152 Å². The lowest BCUT2D eigenvalue weighted by Gasteiger charge is -2.31. The van der Waals surface area contributed by atoms with Gasteiger partial charge in [-0.1, -0.05) is 6.92 Å². The minimum Gasteiger partial charge on any atom is -0.494 e. The molecular formula is C18H23N5O3. The number of piperidine rings is 1. The van der Waals surface area contributed by atoms with Crippen LogP contribution in [0.3, 0.4) is 0 Å². The third kappa shape index (κ3) is 4.01. The third-order valence-corrected chi connectivity index (χ3v) is 4.37.